The summed E-state index contributed by atoms with van der Waals surface area (Å²) >= 11 is 0. The zero-order chi connectivity index (χ0) is 14.2. The van der Waals surface area contributed by atoms with Crippen molar-refractivity contribution in [3.8, 4) is 6.07 Å². The molecule has 0 bridgehead atoms. The first-order valence-corrected chi connectivity index (χ1v) is 6.33. The molecule has 20 heavy (non-hydrogen) atoms. The standard InChI is InChI=1S/C14H16N4O2/c1-19-8-9-20-7-6-16-14-11-4-2-3-5-12(11)17-18-13(14)10-15/h2-5H,6-9H2,1H3,(H,16,17). The van der Waals surface area contributed by atoms with Crippen LogP contribution in [0.3, 0.4) is 0 Å². The second-order valence-corrected chi connectivity index (χ2v) is 4.08. The van der Waals surface area contributed by atoms with Crippen LogP contribution < -0.4 is 5.32 Å². The van der Waals surface area contributed by atoms with E-state index in [0.29, 0.717) is 37.7 Å². The summed E-state index contributed by atoms with van der Waals surface area (Å²) in [5.74, 6) is 0. The van der Waals surface area contributed by atoms with Crippen LogP contribution in [-0.4, -0.2) is 43.7 Å². The van der Waals surface area contributed by atoms with Crippen LogP contribution in [-0.2, 0) is 9.47 Å². The van der Waals surface area contributed by atoms with Gasteiger partial charge < -0.3 is 14.8 Å². The van der Waals surface area contributed by atoms with E-state index in [0.717, 1.165) is 10.9 Å². The van der Waals surface area contributed by atoms with Crippen molar-refractivity contribution in [3.05, 3.63) is 30.0 Å². The van der Waals surface area contributed by atoms with E-state index in [-0.39, 0.29) is 0 Å². The molecule has 1 N–H and O–H groups in total. The van der Waals surface area contributed by atoms with Crippen molar-refractivity contribution in [1.82, 2.24) is 10.2 Å². The average molecular weight is 272 g/mol. The monoisotopic (exact) mass is 272 g/mol. The maximum atomic E-state index is 9.11. The van der Waals surface area contributed by atoms with Crippen LogP contribution in [0.5, 0.6) is 0 Å². The molecule has 0 aliphatic rings. The summed E-state index contributed by atoms with van der Waals surface area (Å²) in [6.45, 7) is 2.25. The minimum atomic E-state index is 0.292. The zero-order valence-electron chi connectivity index (χ0n) is 11.3. The third kappa shape index (κ3) is 3.41. The van der Waals surface area contributed by atoms with E-state index in [1.807, 2.05) is 24.3 Å². The van der Waals surface area contributed by atoms with Gasteiger partial charge in [-0.1, -0.05) is 18.2 Å². The molecule has 0 aliphatic carbocycles. The Labute approximate surface area is 117 Å². The molecule has 0 aliphatic heterocycles. The van der Waals surface area contributed by atoms with E-state index >= 15 is 0 Å². The zero-order valence-corrected chi connectivity index (χ0v) is 11.3. The number of aromatic nitrogens is 2. The number of nitrogens with zero attached hydrogens (tertiary/aromatic N) is 3. The Bertz CT molecular complexity index is 610. The second-order valence-electron chi connectivity index (χ2n) is 4.08. The van der Waals surface area contributed by atoms with Crippen LogP contribution in [0.1, 0.15) is 5.69 Å². The molecule has 0 saturated heterocycles. The van der Waals surface area contributed by atoms with Crippen molar-refractivity contribution in [1.29, 1.82) is 5.26 Å². The van der Waals surface area contributed by atoms with Crippen molar-refractivity contribution in [2.75, 3.05) is 38.8 Å². The topological polar surface area (TPSA) is 80.1 Å². The van der Waals surface area contributed by atoms with Gasteiger partial charge in [-0.3, -0.25) is 0 Å². The predicted octanol–water partition coefficient (Wildman–Crippen LogP) is 1.58. The average Bonchev–Trinajstić information content (AvgIpc) is 2.50. The fraction of sp³-hybridized carbons (Fsp3) is 0.357. The fourth-order valence-electron chi connectivity index (χ4n) is 1.80. The maximum absolute atomic E-state index is 9.11. The number of rotatable bonds is 7. The van der Waals surface area contributed by atoms with Crippen molar-refractivity contribution in [2.24, 2.45) is 0 Å². The second kappa shape index (κ2) is 7.38. The van der Waals surface area contributed by atoms with Gasteiger partial charge >= 0.3 is 0 Å². The molecule has 0 saturated carbocycles. The molecule has 2 aromatic rings. The highest BCUT2D eigenvalue weighted by Crippen LogP contribution is 2.23. The first kappa shape index (κ1) is 14.2. The molecule has 104 valence electrons. The normalized spacial score (nSPS) is 10.4. The molecule has 0 radical (unpaired) electrons. The number of anilines is 1. The van der Waals surface area contributed by atoms with Crippen molar-refractivity contribution in [2.45, 2.75) is 0 Å². The van der Waals surface area contributed by atoms with Crippen LogP contribution in [0.4, 0.5) is 5.69 Å². The Morgan fingerprint density at radius 1 is 1.20 bits per heavy atom. The lowest BCUT2D eigenvalue weighted by Crippen LogP contribution is -2.13. The number of hydrogen-bond acceptors (Lipinski definition) is 6. The van der Waals surface area contributed by atoms with Gasteiger partial charge in [0.05, 0.1) is 31.0 Å². The number of hydrogen-bond donors (Lipinski definition) is 1. The summed E-state index contributed by atoms with van der Waals surface area (Å²) in [4.78, 5) is 0. The lowest BCUT2D eigenvalue weighted by molar-refractivity contribution is 0.0759. The summed E-state index contributed by atoms with van der Waals surface area (Å²) in [7, 11) is 1.63. The first-order chi connectivity index (χ1) is 9.86. The SMILES string of the molecule is COCCOCCNc1c(C#N)nnc2ccccc12. The van der Waals surface area contributed by atoms with Gasteiger partial charge in [-0.15, -0.1) is 10.2 Å². The molecule has 1 aromatic heterocycles. The number of ether oxygens (including phenoxy) is 2. The predicted molar refractivity (Wildman–Crippen MR) is 75.4 cm³/mol. The molecule has 2 rings (SSSR count). The lowest BCUT2D eigenvalue weighted by Gasteiger charge is -2.10. The Balaban J connectivity index is 2.06. The quantitative estimate of drug-likeness (QED) is 0.771. The van der Waals surface area contributed by atoms with Crippen LogP contribution in [0.2, 0.25) is 0 Å². The summed E-state index contributed by atoms with van der Waals surface area (Å²) in [5, 5.41) is 21.1. The van der Waals surface area contributed by atoms with Gasteiger partial charge in [0.25, 0.3) is 0 Å². The highest BCUT2D eigenvalue weighted by atomic mass is 16.5. The highest BCUT2D eigenvalue weighted by molar-refractivity contribution is 5.92. The van der Waals surface area contributed by atoms with Gasteiger partial charge in [0, 0.05) is 19.0 Å². The van der Waals surface area contributed by atoms with Gasteiger partial charge in [0.1, 0.15) is 6.07 Å². The number of nitrogens with one attached hydrogen (secondary N) is 1. The molecule has 1 heterocycles. The Hall–Kier alpha value is -2.23. The number of nitriles is 1. The maximum Gasteiger partial charge on any atom is 0.186 e. The molecule has 0 fully saturated rings. The summed E-state index contributed by atoms with van der Waals surface area (Å²) in [5.41, 5.74) is 1.75. The van der Waals surface area contributed by atoms with E-state index < -0.39 is 0 Å². The summed E-state index contributed by atoms with van der Waals surface area (Å²) < 4.78 is 10.3. The number of benzene rings is 1. The van der Waals surface area contributed by atoms with Crippen molar-refractivity contribution < 1.29 is 9.47 Å². The lowest BCUT2D eigenvalue weighted by atomic mass is 10.1. The largest absolute Gasteiger partial charge is 0.382 e. The number of fused-ring (bicyclic) bond motifs is 1. The molecule has 0 amide bonds. The molecule has 0 atom stereocenters. The molecule has 0 spiro atoms. The molecule has 0 unspecified atom stereocenters. The van der Waals surface area contributed by atoms with Gasteiger partial charge in [-0.2, -0.15) is 5.26 Å². The van der Waals surface area contributed by atoms with Crippen LogP contribution in [0, 0.1) is 11.3 Å². The third-order valence-electron chi connectivity index (χ3n) is 2.75. The summed E-state index contributed by atoms with van der Waals surface area (Å²) in [6, 6.07) is 9.63. The van der Waals surface area contributed by atoms with Crippen molar-refractivity contribution in [3.63, 3.8) is 0 Å². The molecular weight excluding hydrogens is 256 g/mol. The van der Waals surface area contributed by atoms with Gasteiger partial charge in [-0.05, 0) is 6.07 Å². The molecule has 1 aromatic carbocycles. The minimum absolute atomic E-state index is 0.292. The van der Waals surface area contributed by atoms with E-state index in [2.05, 4.69) is 21.6 Å². The highest BCUT2D eigenvalue weighted by Gasteiger charge is 2.09. The molecular formula is C14H16N4O2. The van der Waals surface area contributed by atoms with Crippen LogP contribution in [0.15, 0.2) is 24.3 Å². The smallest absolute Gasteiger partial charge is 0.186 e. The summed E-state index contributed by atoms with van der Waals surface area (Å²) in [6.07, 6.45) is 0. The van der Waals surface area contributed by atoms with Gasteiger partial charge in [-0.25, -0.2) is 0 Å². The van der Waals surface area contributed by atoms with E-state index in [1.54, 1.807) is 7.11 Å². The Morgan fingerprint density at radius 3 is 2.85 bits per heavy atom. The first-order valence-electron chi connectivity index (χ1n) is 6.33. The minimum Gasteiger partial charge on any atom is -0.382 e. The van der Waals surface area contributed by atoms with Gasteiger partial charge in [0.15, 0.2) is 5.69 Å². The van der Waals surface area contributed by atoms with Crippen LogP contribution in [0.25, 0.3) is 10.9 Å². The van der Waals surface area contributed by atoms with E-state index in [4.69, 9.17) is 14.7 Å². The van der Waals surface area contributed by atoms with Crippen LogP contribution >= 0.6 is 0 Å². The Morgan fingerprint density at radius 2 is 2.05 bits per heavy atom. The fourth-order valence-corrected chi connectivity index (χ4v) is 1.80. The van der Waals surface area contributed by atoms with E-state index in [1.165, 1.54) is 0 Å². The van der Waals surface area contributed by atoms with E-state index in [9.17, 15) is 0 Å². The Kier molecular flexibility index (Phi) is 5.24. The molecule has 6 nitrogen and oxygen atoms in total. The third-order valence-corrected chi connectivity index (χ3v) is 2.75. The van der Waals surface area contributed by atoms with Gasteiger partial charge in [0.2, 0.25) is 0 Å². The number of methoxy groups -OCH3 is 1. The molecule has 6 heteroatoms. The van der Waals surface area contributed by atoms with Crippen molar-refractivity contribution >= 4 is 16.6 Å².